The maximum Gasteiger partial charge on any atom is 0.332 e. The van der Waals surface area contributed by atoms with E-state index >= 15 is 0 Å². The van der Waals surface area contributed by atoms with Crippen LogP contribution in [0.1, 0.15) is 16.8 Å². The molecule has 1 heterocycles. The van der Waals surface area contributed by atoms with Gasteiger partial charge < -0.3 is 10.6 Å². The van der Waals surface area contributed by atoms with Gasteiger partial charge in [0.15, 0.2) is 0 Å². The van der Waals surface area contributed by atoms with Crippen LogP contribution in [-0.2, 0) is 13.1 Å². The highest BCUT2D eigenvalue weighted by Crippen LogP contribution is 2.27. The first-order valence-electron chi connectivity index (χ1n) is 8.32. The average Bonchev–Trinajstić information content (AvgIpc) is 2.66. The molecule has 3 rings (SSSR count). The molecule has 0 fully saturated rings. The Kier molecular flexibility index (Phi) is 5.55. The van der Waals surface area contributed by atoms with Gasteiger partial charge in [0, 0.05) is 13.1 Å². The van der Waals surface area contributed by atoms with Crippen molar-refractivity contribution >= 4 is 17.5 Å². The van der Waals surface area contributed by atoms with Gasteiger partial charge in [-0.2, -0.15) is 4.98 Å². The molecule has 0 saturated heterocycles. The number of aromatic nitrogens is 2. The summed E-state index contributed by atoms with van der Waals surface area (Å²) >= 11 is 0. The van der Waals surface area contributed by atoms with E-state index in [0.717, 1.165) is 11.1 Å². The fraction of sp³-hybridized carbons (Fsp3) is 0.158. The topological polar surface area (TPSA) is 93.0 Å². The van der Waals surface area contributed by atoms with Crippen molar-refractivity contribution in [3.05, 3.63) is 87.3 Å². The van der Waals surface area contributed by atoms with Crippen LogP contribution in [0.4, 0.5) is 21.8 Å². The summed E-state index contributed by atoms with van der Waals surface area (Å²) in [5.41, 5.74) is 1.92. The number of aryl methyl sites for hydroxylation is 1. The molecule has 7 nitrogen and oxygen atoms in total. The molecule has 0 aliphatic carbocycles. The summed E-state index contributed by atoms with van der Waals surface area (Å²) in [6.45, 7) is 2.34. The van der Waals surface area contributed by atoms with Gasteiger partial charge in [-0.05, 0) is 30.2 Å². The molecule has 0 radical (unpaired) electrons. The van der Waals surface area contributed by atoms with Gasteiger partial charge in [0.1, 0.15) is 11.5 Å². The third kappa shape index (κ3) is 4.75. The zero-order valence-corrected chi connectivity index (χ0v) is 14.6. The smallest absolute Gasteiger partial charge is 0.332 e. The Labute approximate surface area is 155 Å². The molecule has 138 valence electrons. The van der Waals surface area contributed by atoms with E-state index in [0.29, 0.717) is 13.1 Å². The number of hydrogen-bond acceptors (Lipinski definition) is 6. The van der Waals surface area contributed by atoms with Crippen molar-refractivity contribution in [2.75, 3.05) is 10.6 Å². The maximum absolute atomic E-state index is 13.0. The van der Waals surface area contributed by atoms with Gasteiger partial charge in [0.05, 0.1) is 4.92 Å². The molecule has 2 N–H and O–H groups in total. The lowest BCUT2D eigenvalue weighted by Crippen LogP contribution is -2.11. The third-order valence-corrected chi connectivity index (χ3v) is 3.91. The molecule has 0 unspecified atom stereocenters. The predicted molar refractivity (Wildman–Crippen MR) is 101 cm³/mol. The van der Waals surface area contributed by atoms with Gasteiger partial charge in [0.25, 0.3) is 0 Å². The van der Waals surface area contributed by atoms with Crippen LogP contribution in [0.5, 0.6) is 0 Å². The van der Waals surface area contributed by atoms with E-state index in [1.54, 1.807) is 19.1 Å². The van der Waals surface area contributed by atoms with Crippen LogP contribution in [-0.4, -0.2) is 14.9 Å². The average molecular weight is 367 g/mol. The molecule has 0 aliphatic heterocycles. The predicted octanol–water partition coefficient (Wildman–Crippen LogP) is 4.06. The van der Waals surface area contributed by atoms with Gasteiger partial charge in [-0.3, -0.25) is 10.1 Å². The van der Waals surface area contributed by atoms with E-state index in [9.17, 15) is 14.5 Å². The highest BCUT2D eigenvalue weighted by atomic mass is 19.1. The van der Waals surface area contributed by atoms with Crippen LogP contribution in [0.25, 0.3) is 0 Å². The summed E-state index contributed by atoms with van der Waals surface area (Å²) in [5, 5.41) is 17.4. The summed E-state index contributed by atoms with van der Waals surface area (Å²) in [6.07, 6.45) is 0. The minimum absolute atomic E-state index is 0.151. The van der Waals surface area contributed by atoms with Gasteiger partial charge in [-0.1, -0.05) is 42.5 Å². The Balaban J connectivity index is 1.79. The van der Waals surface area contributed by atoms with Crippen LogP contribution in [0.3, 0.4) is 0 Å². The fourth-order valence-corrected chi connectivity index (χ4v) is 2.55. The summed E-state index contributed by atoms with van der Waals surface area (Å²) in [4.78, 5) is 19.3. The van der Waals surface area contributed by atoms with Crippen LogP contribution in [0, 0.1) is 22.9 Å². The number of nitrogens with zero attached hydrogens (tertiary/aromatic N) is 3. The maximum atomic E-state index is 13.0. The number of rotatable bonds is 7. The van der Waals surface area contributed by atoms with Crippen molar-refractivity contribution in [3.8, 4) is 0 Å². The summed E-state index contributed by atoms with van der Waals surface area (Å²) in [7, 11) is 0. The van der Waals surface area contributed by atoms with Gasteiger partial charge in [-0.25, -0.2) is 9.37 Å². The molecule has 0 spiro atoms. The molecule has 3 aromatic rings. The third-order valence-electron chi connectivity index (χ3n) is 3.91. The summed E-state index contributed by atoms with van der Waals surface area (Å²) in [6, 6.07) is 15.6. The molecular formula is C19H18FN5O2. The second kappa shape index (κ2) is 8.22. The van der Waals surface area contributed by atoms with Crippen LogP contribution in [0.15, 0.2) is 54.6 Å². The number of hydrogen-bond donors (Lipinski definition) is 2. The van der Waals surface area contributed by atoms with Crippen molar-refractivity contribution in [3.63, 3.8) is 0 Å². The lowest BCUT2D eigenvalue weighted by molar-refractivity contribution is -0.385. The van der Waals surface area contributed by atoms with E-state index in [2.05, 4.69) is 20.6 Å². The summed E-state index contributed by atoms with van der Waals surface area (Å²) in [5.74, 6) is 0.101. The monoisotopic (exact) mass is 367 g/mol. The first kappa shape index (κ1) is 18.2. The standard InChI is InChI=1S/C19H18FN5O2/c1-13-17(25(26)27)18(21-11-14-5-3-2-4-6-14)24-19(23-13)22-12-15-7-9-16(20)10-8-15/h2-10H,11-12H2,1H3,(H2,21,22,23,24). The first-order chi connectivity index (χ1) is 13.0. The number of nitrogens with one attached hydrogen (secondary N) is 2. The second-order valence-electron chi connectivity index (χ2n) is 5.91. The zero-order valence-electron chi connectivity index (χ0n) is 14.6. The Bertz CT molecular complexity index is 933. The normalized spacial score (nSPS) is 10.4. The van der Waals surface area contributed by atoms with E-state index in [4.69, 9.17) is 0 Å². The molecule has 0 aliphatic rings. The molecular weight excluding hydrogens is 349 g/mol. The minimum Gasteiger partial charge on any atom is -0.360 e. The molecule has 27 heavy (non-hydrogen) atoms. The molecule has 2 aromatic carbocycles. The van der Waals surface area contributed by atoms with Crippen molar-refractivity contribution in [2.45, 2.75) is 20.0 Å². The molecule has 0 amide bonds. The van der Waals surface area contributed by atoms with E-state index in [-0.39, 0.29) is 29.0 Å². The van der Waals surface area contributed by atoms with Crippen molar-refractivity contribution in [1.82, 2.24) is 9.97 Å². The molecule has 1 aromatic heterocycles. The lowest BCUT2D eigenvalue weighted by atomic mass is 10.2. The Morgan fingerprint density at radius 2 is 1.59 bits per heavy atom. The summed E-state index contributed by atoms with van der Waals surface area (Å²) < 4.78 is 13.0. The second-order valence-corrected chi connectivity index (χ2v) is 5.91. The van der Waals surface area contributed by atoms with Crippen LogP contribution >= 0.6 is 0 Å². The first-order valence-corrected chi connectivity index (χ1v) is 8.32. The van der Waals surface area contributed by atoms with E-state index in [1.807, 2.05) is 30.3 Å². The van der Waals surface area contributed by atoms with Gasteiger partial charge >= 0.3 is 5.69 Å². The van der Waals surface area contributed by atoms with Gasteiger partial charge in [0.2, 0.25) is 11.8 Å². The number of benzene rings is 2. The molecule has 0 atom stereocenters. The van der Waals surface area contributed by atoms with E-state index < -0.39 is 4.92 Å². The van der Waals surface area contributed by atoms with E-state index in [1.165, 1.54) is 12.1 Å². The highest BCUT2D eigenvalue weighted by Gasteiger charge is 2.22. The van der Waals surface area contributed by atoms with Crippen LogP contribution < -0.4 is 10.6 Å². The Morgan fingerprint density at radius 1 is 0.963 bits per heavy atom. The highest BCUT2D eigenvalue weighted by molar-refractivity contribution is 5.61. The molecule has 0 saturated carbocycles. The fourth-order valence-electron chi connectivity index (χ4n) is 2.55. The Hall–Kier alpha value is -3.55. The van der Waals surface area contributed by atoms with Gasteiger partial charge in [-0.15, -0.1) is 0 Å². The quantitative estimate of drug-likeness (QED) is 0.483. The minimum atomic E-state index is -0.494. The van der Waals surface area contributed by atoms with Crippen molar-refractivity contribution in [1.29, 1.82) is 0 Å². The largest absolute Gasteiger partial charge is 0.360 e. The zero-order chi connectivity index (χ0) is 19.2. The van der Waals surface area contributed by atoms with Crippen molar-refractivity contribution < 1.29 is 9.31 Å². The number of nitro groups is 1. The number of anilines is 2. The molecule has 0 bridgehead atoms. The number of halogens is 1. The Morgan fingerprint density at radius 3 is 2.26 bits per heavy atom. The van der Waals surface area contributed by atoms with Crippen LogP contribution in [0.2, 0.25) is 0 Å². The molecule has 8 heteroatoms. The van der Waals surface area contributed by atoms with Crippen molar-refractivity contribution in [2.24, 2.45) is 0 Å². The SMILES string of the molecule is Cc1nc(NCc2ccc(F)cc2)nc(NCc2ccccc2)c1[N+](=O)[O-]. The lowest BCUT2D eigenvalue weighted by Gasteiger charge is -2.11.